The highest BCUT2D eigenvalue weighted by atomic mass is 15.6. The first-order valence-electron chi connectivity index (χ1n) is 12.1. The van der Waals surface area contributed by atoms with Gasteiger partial charge in [-0.3, -0.25) is 10.4 Å². The minimum absolute atomic E-state index is 0.458. The van der Waals surface area contributed by atoms with Crippen LogP contribution in [0.1, 0.15) is 56.9 Å². The second kappa shape index (κ2) is 8.99. The highest BCUT2D eigenvalue weighted by molar-refractivity contribution is 5.99. The second-order valence-corrected chi connectivity index (χ2v) is 9.62. The molecule has 5 rings (SSSR count). The van der Waals surface area contributed by atoms with Gasteiger partial charge in [0, 0.05) is 35.6 Å². The van der Waals surface area contributed by atoms with E-state index in [0.29, 0.717) is 5.92 Å². The number of hydrazine groups is 1. The van der Waals surface area contributed by atoms with Gasteiger partial charge >= 0.3 is 0 Å². The number of aliphatic imine (C=N–C) groups is 1. The number of amidine groups is 1. The number of nitrogens with zero attached hydrogens (tertiary/aromatic N) is 4. The van der Waals surface area contributed by atoms with Crippen molar-refractivity contribution >= 4 is 22.3 Å². The molecule has 2 fully saturated rings. The molecule has 0 spiro atoms. The van der Waals surface area contributed by atoms with E-state index in [2.05, 4.69) is 52.0 Å². The smallest absolute Gasteiger partial charge is 0.146 e. The van der Waals surface area contributed by atoms with Gasteiger partial charge in [0.25, 0.3) is 0 Å². The minimum Gasteiger partial charge on any atom is -0.303 e. The van der Waals surface area contributed by atoms with E-state index in [9.17, 15) is 0 Å². The van der Waals surface area contributed by atoms with E-state index in [0.717, 1.165) is 35.2 Å². The zero-order valence-electron chi connectivity index (χ0n) is 18.8. The predicted octanol–water partition coefficient (Wildman–Crippen LogP) is 5.42. The molecule has 5 heteroatoms. The first-order chi connectivity index (χ1) is 15.2. The fourth-order valence-corrected chi connectivity index (χ4v) is 5.67. The van der Waals surface area contributed by atoms with Crippen molar-refractivity contribution in [1.29, 1.82) is 0 Å². The van der Waals surface area contributed by atoms with Crippen molar-refractivity contribution in [1.82, 2.24) is 15.3 Å². The number of hydrogen-bond acceptors (Lipinski definition) is 5. The first kappa shape index (κ1) is 20.5. The Bertz CT molecular complexity index is 970. The molecule has 2 aromatic rings. The van der Waals surface area contributed by atoms with Crippen LogP contribution in [0.2, 0.25) is 0 Å². The van der Waals surface area contributed by atoms with E-state index in [1.165, 1.54) is 75.4 Å². The zero-order chi connectivity index (χ0) is 21.2. The normalized spacial score (nSPS) is 23.3. The van der Waals surface area contributed by atoms with Crippen LogP contribution in [-0.2, 0) is 0 Å². The molecule has 164 valence electrons. The molecule has 0 amide bonds. The number of fused-ring (bicyclic) bond motifs is 1. The summed E-state index contributed by atoms with van der Waals surface area (Å²) < 4.78 is 0. The molecular formula is C26H35N5. The van der Waals surface area contributed by atoms with Crippen molar-refractivity contribution in [3.63, 3.8) is 0 Å². The maximum Gasteiger partial charge on any atom is 0.146 e. The maximum atomic E-state index is 4.89. The van der Waals surface area contributed by atoms with E-state index in [1.54, 1.807) is 0 Å². The zero-order valence-corrected chi connectivity index (χ0v) is 18.8. The number of aryl methyl sites for hydroxylation is 1. The molecule has 1 unspecified atom stereocenters. The number of nitrogens with one attached hydrogen (secondary N) is 1. The molecular weight excluding hydrogens is 382 g/mol. The van der Waals surface area contributed by atoms with Gasteiger partial charge in [-0.25, -0.2) is 10.0 Å². The quantitative estimate of drug-likeness (QED) is 0.705. The largest absolute Gasteiger partial charge is 0.303 e. The van der Waals surface area contributed by atoms with Gasteiger partial charge in [0.2, 0.25) is 0 Å². The number of piperidine rings is 1. The Balaban J connectivity index is 1.26. The van der Waals surface area contributed by atoms with E-state index in [1.807, 2.05) is 12.4 Å². The molecule has 1 N–H and O–H groups in total. The number of benzene rings is 1. The SMILES string of the molecule is C=C1N=C(C2CCCN(CCC3CCCCC3)C2)NN1c1cccc2cncc(C)c12. The van der Waals surface area contributed by atoms with Crippen LogP contribution in [0.5, 0.6) is 0 Å². The molecule has 0 radical (unpaired) electrons. The second-order valence-electron chi connectivity index (χ2n) is 9.62. The summed E-state index contributed by atoms with van der Waals surface area (Å²) in [6.07, 6.45) is 14.9. The summed E-state index contributed by atoms with van der Waals surface area (Å²) in [6, 6.07) is 6.34. The molecule has 1 saturated carbocycles. The molecule has 3 aliphatic rings. The number of hydrogen-bond donors (Lipinski definition) is 1. The minimum atomic E-state index is 0.458. The average Bonchev–Trinajstić information content (AvgIpc) is 3.20. The Morgan fingerprint density at radius 3 is 2.84 bits per heavy atom. The van der Waals surface area contributed by atoms with E-state index >= 15 is 0 Å². The molecule has 1 aromatic heterocycles. The lowest BCUT2D eigenvalue weighted by Crippen LogP contribution is -2.45. The average molecular weight is 418 g/mol. The van der Waals surface area contributed by atoms with Crippen LogP contribution in [0.3, 0.4) is 0 Å². The Hall–Kier alpha value is -2.40. The third-order valence-corrected chi connectivity index (χ3v) is 7.40. The van der Waals surface area contributed by atoms with Crippen molar-refractivity contribution in [3.8, 4) is 0 Å². The standard InChI is InChI=1S/C26H35N5/c1-19-16-27-17-22-10-6-12-24(25(19)22)31-20(2)28-26(29-31)23-11-7-14-30(18-23)15-13-21-8-4-3-5-9-21/h6,10,12,16-17,21,23H,2-5,7-9,11,13-15,18H2,1H3,(H,28,29). The van der Waals surface area contributed by atoms with Crippen LogP contribution < -0.4 is 10.4 Å². The molecule has 2 aliphatic heterocycles. The molecule has 3 heterocycles. The lowest BCUT2D eigenvalue weighted by atomic mass is 9.86. The summed E-state index contributed by atoms with van der Waals surface area (Å²) >= 11 is 0. The van der Waals surface area contributed by atoms with Gasteiger partial charge in [-0.1, -0.05) is 50.8 Å². The summed E-state index contributed by atoms with van der Waals surface area (Å²) in [5, 5.41) is 4.42. The van der Waals surface area contributed by atoms with Crippen LogP contribution >= 0.6 is 0 Å². The molecule has 5 nitrogen and oxygen atoms in total. The monoisotopic (exact) mass is 417 g/mol. The highest BCUT2D eigenvalue weighted by Crippen LogP contribution is 2.33. The Labute approximate surface area is 186 Å². The first-order valence-corrected chi connectivity index (χ1v) is 12.1. The molecule has 1 saturated heterocycles. The topological polar surface area (TPSA) is 43.8 Å². The lowest BCUT2D eigenvalue weighted by molar-refractivity contribution is 0.181. The summed E-state index contributed by atoms with van der Waals surface area (Å²) in [4.78, 5) is 11.9. The van der Waals surface area contributed by atoms with Crippen molar-refractivity contribution in [2.45, 2.75) is 58.3 Å². The Morgan fingerprint density at radius 2 is 1.97 bits per heavy atom. The fraction of sp³-hybridized carbons (Fsp3) is 0.538. The van der Waals surface area contributed by atoms with Crippen molar-refractivity contribution in [2.24, 2.45) is 16.8 Å². The van der Waals surface area contributed by atoms with Crippen LogP contribution in [0, 0.1) is 18.8 Å². The van der Waals surface area contributed by atoms with E-state index in [4.69, 9.17) is 4.99 Å². The van der Waals surface area contributed by atoms with Gasteiger partial charge in [0.15, 0.2) is 0 Å². The van der Waals surface area contributed by atoms with Gasteiger partial charge in [-0.15, -0.1) is 0 Å². The van der Waals surface area contributed by atoms with Crippen molar-refractivity contribution in [2.75, 3.05) is 24.6 Å². The Kier molecular flexibility index (Phi) is 5.95. The van der Waals surface area contributed by atoms with Gasteiger partial charge in [0.1, 0.15) is 11.7 Å². The van der Waals surface area contributed by atoms with Crippen LogP contribution in [0.4, 0.5) is 5.69 Å². The third kappa shape index (κ3) is 4.33. The summed E-state index contributed by atoms with van der Waals surface area (Å²) in [5.41, 5.74) is 5.88. The van der Waals surface area contributed by atoms with Gasteiger partial charge in [-0.2, -0.15) is 0 Å². The van der Waals surface area contributed by atoms with Gasteiger partial charge in [0.05, 0.1) is 5.69 Å². The van der Waals surface area contributed by atoms with Crippen LogP contribution in [-0.4, -0.2) is 35.4 Å². The maximum absolute atomic E-state index is 4.89. The third-order valence-electron chi connectivity index (χ3n) is 7.40. The van der Waals surface area contributed by atoms with Crippen molar-refractivity contribution < 1.29 is 0 Å². The summed E-state index contributed by atoms with van der Waals surface area (Å²) in [7, 11) is 0. The molecule has 0 bridgehead atoms. The van der Waals surface area contributed by atoms with Crippen LogP contribution in [0.15, 0.2) is 48.0 Å². The highest BCUT2D eigenvalue weighted by Gasteiger charge is 2.30. The number of aromatic nitrogens is 1. The van der Waals surface area contributed by atoms with Crippen molar-refractivity contribution in [3.05, 3.63) is 48.6 Å². The fourth-order valence-electron chi connectivity index (χ4n) is 5.67. The number of likely N-dealkylation sites (tertiary alicyclic amines) is 1. The number of rotatable bonds is 5. The molecule has 1 aromatic carbocycles. The van der Waals surface area contributed by atoms with Gasteiger partial charge < -0.3 is 4.90 Å². The summed E-state index contributed by atoms with van der Waals surface area (Å²) in [5.74, 6) is 3.27. The number of pyridine rings is 1. The number of anilines is 1. The lowest BCUT2D eigenvalue weighted by Gasteiger charge is -2.34. The van der Waals surface area contributed by atoms with E-state index < -0.39 is 0 Å². The van der Waals surface area contributed by atoms with Gasteiger partial charge in [-0.05, 0) is 56.8 Å². The Morgan fingerprint density at radius 1 is 1.10 bits per heavy atom. The summed E-state index contributed by atoms with van der Waals surface area (Å²) in [6.45, 7) is 9.96. The molecule has 1 aliphatic carbocycles. The molecule has 31 heavy (non-hydrogen) atoms. The predicted molar refractivity (Wildman–Crippen MR) is 129 cm³/mol. The molecule has 1 atom stereocenters. The van der Waals surface area contributed by atoms with Crippen LogP contribution in [0.25, 0.3) is 10.8 Å². The van der Waals surface area contributed by atoms with E-state index in [-0.39, 0.29) is 0 Å².